The van der Waals surface area contributed by atoms with E-state index in [-0.39, 0.29) is 23.6 Å². The number of alkyl halides is 3. The zero-order valence-electron chi connectivity index (χ0n) is 12.6. The van der Waals surface area contributed by atoms with Crippen molar-refractivity contribution in [2.24, 2.45) is 5.10 Å². The molecule has 1 aliphatic heterocycles. The maximum Gasteiger partial charge on any atom is 0.428 e. The van der Waals surface area contributed by atoms with Gasteiger partial charge in [0.1, 0.15) is 12.3 Å². The molecule has 0 radical (unpaired) electrons. The van der Waals surface area contributed by atoms with Crippen molar-refractivity contribution in [3.8, 4) is 0 Å². The van der Waals surface area contributed by atoms with Gasteiger partial charge in [0.25, 0.3) is 0 Å². The number of halogens is 3. The molecule has 2 aliphatic rings. The Morgan fingerprint density at radius 3 is 2.71 bits per heavy atom. The van der Waals surface area contributed by atoms with E-state index in [1.54, 1.807) is 0 Å². The number of nitrogens with zero attached hydrogens (tertiary/aromatic N) is 1. The highest BCUT2D eigenvalue weighted by Crippen LogP contribution is 2.37. The van der Waals surface area contributed by atoms with Gasteiger partial charge in [0.15, 0.2) is 0 Å². The van der Waals surface area contributed by atoms with Crippen molar-refractivity contribution in [3.63, 3.8) is 0 Å². The van der Waals surface area contributed by atoms with Crippen LogP contribution in [0.3, 0.4) is 0 Å². The van der Waals surface area contributed by atoms with E-state index >= 15 is 0 Å². The first-order valence-electron chi connectivity index (χ1n) is 7.50. The lowest BCUT2D eigenvalue weighted by atomic mass is 10.0. The average Bonchev–Trinajstić information content (AvgIpc) is 2.93. The predicted molar refractivity (Wildman–Crippen MR) is 79.7 cm³/mol. The van der Waals surface area contributed by atoms with Crippen molar-refractivity contribution < 1.29 is 27.8 Å². The number of ether oxygens (including phenoxy) is 1. The molecule has 9 heteroatoms. The molecule has 6 nitrogen and oxygen atoms in total. The smallest absolute Gasteiger partial charge is 0.428 e. The zero-order valence-corrected chi connectivity index (χ0v) is 12.6. The summed E-state index contributed by atoms with van der Waals surface area (Å²) in [6.45, 7) is -0.197. The molecule has 1 heterocycles. The molecule has 0 bridgehead atoms. The van der Waals surface area contributed by atoms with E-state index in [0.29, 0.717) is 12.8 Å². The Balaban J connectivity index is 1.91. The molecular formula is C15H16F3N3O3. The lowest BCUT2D eigenvalue weighted by molar-refractivity contribution is -0.137. The average molecular weight is 343 g/mol. The number of anilines is 1. The van der Waals surface area contributed by atoms with E-state index in [9.17, 15) is 23.1 Å². The van der Waals surface area contributed by atoms with Gasteiger partial charge in [-0.15, -0.1) is 0 Å². The van der Waals surface area contributed by atoms with Gasteiger partial charge in [0.2, 0.25) is 0 Å². The lowest BCUT2D eigenvalue weighted by Crippen LogP contribution is -2.31. The van der Waals surface area contributed by atoms with Gasteiger partial charge < -0.3 is 15.2 Å². The SMILES string of the molecule is O=C1NN=C(c2ccc(N[C@H]3CCC[C@H]3O)c(C(F)(F)F)c2)CO1. The number of amides is 1. The zero-order chi connectivity index (χ0) is 17.3. The summed E-state index contributed by atoms with van der Waals surface area (Å²) in [4.78, 5) is 10.9. The summed E-state index contributed by atoms with van der Waals surface area (Å²) in [5.41, 5.74) is 1.54. The highest BCUT2D eigenvalue weighted by Gasteiger charge is 2.36. The Kier molecular flexibility index (Phi) is 4.35. The van der Waals surface area contributed by atoms with E-state index in [4.69, 9.17) is 4.74 Å². The topological polar surface area (TPSA) is 83.0 Å². The molecule has 0 spiro atoms. The maximum absolute atomic E-state index is 13.4. The van der Waals surface area contributed by atoms with Crippen LogP contribution in [0.4, 0.5) is 23.7 Å². The van der Waals surface area contributed by atoms with Gasteiger partial charge in [-0.1, -0.05) is 6.07 Å². The minimum atomic E-state index is -4.57. The monoisotopic (exact) mass is 343 g/mol. The molecule has 3 N–H and O–H groups in total. The van der Waals surface area contributed by atoms with Gasteiger partial charge in [0, 0.05) is 11.3 Å². The minimum absolute atomic E-state index is 0.0847. The van der Waals surface area contributed by atoms with Gasteiger partial charge in [-0.3, -0.25) is 0 Å². The number of hydrogen-bond acceptors (Lipinski definition) is 5. The third-order valence-corrected chi connectivity index (χ3v) is 4.10. The second-order valence-electron chi connectivity index (χ2n) is 5.75. The summed E-state index contributed by atoms with van der Waals surface area (Å²) < 4.78 is 44.9. The molecule has 1 aliphatic carbocycles. The first-order chi connectivity index (χ1) is 11.3. The number of aliphatic hydroxyl groups excluding tert-OH is 1. The standard InChI is InChI=1S/C15H16F3N3O3/c16-15(17,18)9-6-8(12-7-24-14(23)21-20-12)4-5-10(9)19-11-2-1-3-13(11)22/h4-6,11,13,19,22H,1-3,7H2,(H,21,23)/t11-,13+/m0/s1. The number of hydrazone groups is 1. The Morgan fingerprint density at radius 2 is 2.12 bits per heavy atom. The summed E-state index contributed by atoms with van der Waals surface area (Å²) in [5, 5.41) is 16.3. The van der Waals surface area contributed by atoms with Crippen LogP contribution in [0.5, 0.6) is 0 Å². The van der Waals surface area contributed by atoms with Gasteiger partial charge in [-0.05, 0) is 31.4 Å². The predicted octanol–water partition coefficient (Wildman–Crippen LogP) is 2.47. The van der Waals surface area contributed by atoms with Crippen molar-refractivity contribution >= 4 is 17.5 Å². The molecule has 3 rings (SSSR count). The van der Waals surface area contributed by atoms with Crippen LogP contribution in [-0.2, 0) is 10.9 Å². The van der Waals surface area contributed by atoms with Crippen LogP contribution >= 0.6 is 0 Å². The van der Waals surface area contributed by atoms with E-state index in [0.717, 1.165) is 12.5 Å². The number of carbonyl (C=O) groups is 1. The van der Waals surface area contributed by atoms with Crippen LogP contribution < -0.4 is 10.7 Å². The van der Waals surface area contributed by atoms with Crippen LogP contribution in [0.25, 0.3) is 0 Å². The van der Waals surface area contributed by atoms with Crippen LogP contribution in [0.2, 0.25) is 0 Å². The summed E-state index contributed by atoms with van der Waals surface area (Å²) >= 11 is 0. The highest BCUT2D eigenvalue weighted by molar-refractivity contribution is 6.04. The van der Waals surface area contributed by atoms with Crippen LogP contribution in [-0.4, -0.2) is 35.7 Å². The van der Waals surface area contributed by atoms with Gasteiger partial charge in [-0.2, -0.15) is 18.3 Å². The Labute approximate surface area is 135 Å². The third-order valence-electron chi connectivity index (χ3n) is 4.10. The summed E-state index contributed by atoms with van der Waals surface area (Å²) in [6.07, 6.45) is -4.01. The molecule has 1 fully saturated rings. The lowest BCUT2D eigenvalue weighted by Gasteiger charge is -2.22. The number of aliphatic hydroxyl groups is 1. The summed E-state index contributed by atoms with van der Waals surface area (Å²) in [5.74, 6) is 0. The van der Waals surface area contributed by atoms with Crippen molar-refractivity contribution in [1.82, 2.24) is 5.43 Å². The van der Waals surface area contributed by atoms with Gasteiger partial charge in [0.05, 0.1) is 17.7 Å². The maximum atomic E-state index is 13.4. The normalized spacial score (nSPS) is 24.2. The van der Waals surface area contributed by atoms with Crippen molar-refractivity contribution in [2.75, 3.05) is 11.9 Å². The quantitative estimate of drug-likeness (QED) is 0.787. The van der Waals surface area contributed by atoms with Crippen LogP contribution in [0, 0.1) is 0 Å². The van der Waals surface area contributed by atoms with Crippen molar-refractivity contribution in [1.29, 1.82) is 0 Å². The largest absolute Gasteiger partial charge is 0.442 e. The molecule has 24 heavy (non-hydrogen) atoms. The number of hydrogen-bond donors (Lipinski definition) is 3. The number of cyclic esters (lactones) is 1. The summed E-state index contributed by atoms with van der Waals surface area (Å²) in [7, 11) is 0. The Morgan fingerprint density at radius 1 is 1.33 bits per heavy atom. The fraction of sp³-hybridized carbons (Fsp3) is 0.467. The Hall–Kier alpha value is -2.29. The molecular weight excluding hydrogens is 327 g/mol. The van der Waals surface area contributed by atoms with Crippen LogP contribution in [0.1, 0.15) is 30.4 Å². The third kappa shape index (κ3) is 3.45. The second kappa shape index (κ2) is 6.31. The molecule has 2 atom stereocenters. The molecule has 1 amide bonds. The number of benzene rings is 1. The highest BCUT2D eigenvalue weighted by atomic mass is 19.4. The fourth-order valence-electron chi connectivity index (χ4n) is 2.85. The number of nitrogens with one attached hydrogen (secondary N) is 2. The van der Waals surface area contributed by atoms with Gasteiger partial charge in [-0.25, -0.2) is 10.2 Å². The van der Waals surface area contributed by atoms with Gasteiger partial charge >= 0.3 is 12.3 Å². The molecule has 1 aromatic carbocycles. The van der Waals surface area contributed by atoms with E-state index in [1.165, 1.54) is 12.1 Å². The first kappa shape index (κ1) is 16.6. The minimum Gasteiger partial charge on any atom is -0.442 e. The second-order valence-corrected chi connectivity index (χ2v) is 5.75. The molecule has 0 unspecified atom stereocenters. The Bertz CT molecular complexity index is 676. The van der Waals surface area contributed by atoms with Crippen molar-refractivity contribution in [2.45, 2.75) is 37.6 Å². The molecule has 1 saturated carbocycles. The number of rotatable bonds is 3. The van der Waals surface area contributed by atoms with E-state index < -0.39 is 30.0 Å². The van der Waals surface area contributed by atoms with Crippen LogP contribution in [0.15, 0.2) is 23.3 Å². The molecule has 130 valence electrons. The first-order valence-corrected chi connectivity index (χ1v) is 7.50. The molecule has 0 saturated heterocycles. The number of carbonyl (C=O) groups excluding carboxylic acids is 1. The van der Waals surface area contributed by atoms with Crippen molar-refractivity contribution in [3.05, 3.63) is 29.3 Å². The molecule has 1 aromatic rings. The fourth-order valence-corrected chi connectivity index (χ4v) is 2.85. The summed E-state index contributed by atoms with van der Waals surface area (Å²) in [6, 6.07) is 3.34. The van der Waals surface area contributed by atoms with E-state index in [1.807, 2.05) is 0 Å². The van der Waals surface area contributed by atoms with E-state index in [2.05, 4.69) is 15.8 Å². The molecule has 0 aromatic heterocycles.